The second-order valence-electron chi connectivity index (χ2n) is 2.43. The molecule has 0 aromatic rings. The van der Waals surface area contributed by atoms with Gasteiger partial charge < -0.3 is 4.74 Å². The predicted molar refractivity (Wildman–Crippen MR) is 57.1 cm³/mol. The Morgan fingerprint density at radius 3 is 2.92 bits per heavy atom. The molecule has 0 aromatic heterocycles. The van der Waals surface area contributed by atoms with Crippen molar-refractivity contribution in [3.63, 3.8) is 0 Å². The summed E-state index contributed by atoms with van der Waals surface area (Å²) < 4.78 is 5.28. The van der Waals surface area contributed by atoms with Crippen molar-refractivity contribution >= 4 is 0 Å². The van der Waals surface area contributed by atoms with Crippen LogP contribution < -0.4 is 0 Å². The van der Waals surface area contributed by atoms with E-state index in [1.54, 1.807) is 0 Å². The smallest absolute Gasteiger partial charge is 0.148 e. The average molecular weight is 176 g/mol. The molecule has 0 aromatic carbocycles. The number of ether oxygens (including phenoxy) is 1. The van der Waals surface area contributed by atoms with Crippen molar-refractivity contribution in [1.29, 1.82) is 0 Å². The maximum Gasteiger partial charge on any atom is 0.148 e. The maximum atomic E-state index is 5.28. The van der Waals surface area contributed by atoms with Gasteiger partial charge in [-0.3, -0.25) is 0 Å². The first-order valence-electron chi connectivity index (χ1n) is 4.39. The van der Waals surface area contributed by atoms with Crippen LogP contribution >= 0.6 is 0 Å². The van der Waals surface area contributed by atoms with Crippen LogP contribution in [0.25, 0.3) is 0 Å². The van der Waals surface area contributed by atoms with Gasteiger partial charge in [0.05, 0.1) is 0 Å². The largest absolute Gasteiger partial charge is 0.481 e. The number of allylic oxidation sites excluding steroid dienone is 4. The van der Waals surface area contributed by atoms with Gasteiger partial charge in [0.1, 0.15) is 12.4 Å². The first kappa shape index (κ1) is 11.6. The molecule has 0 unspecified atom stereocenters. The van der Waals surface area contributed by atoms with E-state index in [-0.39, 0.29) is 0 Å². The quantitative estimate of drug-likeness (QED) is 0.261. The highest BCUT2D eigenvalue weighted by atomic mass is 16.5. The third kappa shape index (κ3) is 6.96. The summed E-state index contributed by atoms with van der Waals surface area (Å²) in [6, 6.07) is 0. The van der Waals surface area contributed by atoms with Crippen molar-refractivity contribution in [2.24, 2.45) is 0 Å². The van der Waals surface area contributed by atoms with E-state index in [2.05, 4.69) is 19.4 Å². The summed E-state index contributed by atoms with van der Waals surface area (Å²) in [5.74, 6) is 3.27. The molecule has 0 radical (unpaired) electrons. The van der Waals surface area contributed by atoms with Gasteiger partial charge in [-0.25, -0.2) is 0 Å². The molecule has 13 heavy (non-hydrogen) atoms. The Hall–Kier alpha value is -1.42. The lowest BCUT2D eigenvalue weighted by Crippen LogP contribution is -1.89. The van der Waals surface area contributed by atoms with E-state index in [1.165, 1.54) is 0 Å². The Bertz CT molecular complexity index is 228. The summed E-state index contributed by atoms with van der Waals surface area (Å²) >= 11 is 0. The Kier molecular flexibility index (Phi) is 7.73. The van der Waals surface area contributed by atoms with Gasteiger partial charge in [-0.1, -0.05) is 25.0 Å². The Labute approximate surface area is 80.8 Å². The number of terminal acetylenes is 1. The van der Waals surface area contributed by atoms with Crippen LogP contribution in [-0.2, 0) is 4.74 Å². The summed E-state index contributed by atoms with van der Waals surface area (Å²) in [6.07, 6.45) is 14.6. The van der Waals surface area contributed by atoms with E-state index in [4.69, 9.17) is 11.2 Å². The van der Waals surface area contributed by atoms with E-state index in [9.17, 15) is 0 Å². The van der Waals surface area contributed by atoms with Gasteiger partial charge in [0.15, 0.2) is 0 Å². The van der Waals surface area contributed by atoms with Crippen molar-refractivity contribution in [3.05, 3.63) is 36.6 Å². The molecule has 0 spiro atoms. The van der Waals surface area contributed by atoms with E-state index < -0.39 is 0 Å². The molecule has 0 heterocycles. The number of rotatable bonds is 6. The molecule has 0 bridgehead atoms. The van der Waals surface area contributed by atoms with Crippen molar-refractivity contribution in [2.75, 3.05) is 6.61 Å². The summed E-state index contributed by atoms with van der Waals surface area (Å²) in [6.45, 7) is 6.00. The van der Waals surface area contributed by atoms with Crippen molar-refractivity contribution in [1.82, 2.24) is 0 Å². The fraction of sp³-hybridized carbons (Fsp3) is 0.333. The van der Waals surface area contributed by atoms with Crippen molar-refractivity contribution < 1.29 is 4.74 Å². The minimum absolute atomic E-state index is 0.324. The summed E-state index contributed by atoms with van der Waals surface area (Å²) in [7, 11) is 0. The Balaban J connectivity index is 4.03. The van der Waals surface area contributed by atoms with Crippen LogP contribution in [-0.4, -0.2) is 6.61 Å². The lowest BCUT2D eigenvalue weighted by atomic mass is 10.3. The molecular formula is C12H16O. The lowest BCUT2D eigenvalue weighted by molar-refractivity contribution is 0.266. The van der Waals surface area contributed by atoms with Crippen LogP contribution in [0.1, 0.15) is 19.8 Å². The lowest BCUT2D eigenvalue weighted by Gasteiger charge is -2.01. The van der Waals surface area contributed by atoms with Gasteiger partial charge in [-0.05, 0) is 25.0 Å². The monoisotopic (exact) mass is 176 g/mol. The minimum Gasteiger partial charge on any atom is -0.481 e. The SMILES string of the molecule is C#CCOC(/C=C\CC=C)=C/CC. The second kappa shape index (κ2) is 8.67. The van der Waals surface area contributed by atoms with E-state index in [0.717, 1.165) is 18.6 Å². The van der Waals surface area contributed by atoms with Crippen LogP contribution in [0.4, 0.5) is 0 Å². The predicted octanol–water partition coefficient (Wildman–Crippen LogP) is 3.06. The molecule has 0 saturated heterocycles. The molecule has 0 amide bonds. The molecular weight excluding hydrogens is 160 g/mol. The molecule has 0 fully saturated rings. The Morgan fingerprint density at radius 2 is 2.38 bits per heavy atom. The van der Waals surface area contributed by atoms with Crippen LogP contribution in [0.3, 0.4) is 0 Å². The fourth-order valence-electron chi connectivity index (χ4n) is 0.782. The standard InChI is InChI=1S/C12H16O/c1-4-7-8-10-12(9-5-2)13-11-6-3/h3-4,8-10H,1,5,7,11H2,2H3/b10-8-,12-9+. The number of hydrogen-bond donors (Lipinski definition) is 0. The highest BCUT2D eigenvalue weighted by Gasteiger charge is 1.88. The Morgan fingerprint density at radius 1 is 1.62 bits per heavy atom. The van der Waals surface area contributed by atoms with Gasteiger partial charge in [-0.2, -0.15) is 0 Å². The normalized spacial score (nSPS) is 11.2. The molecule has 0 saturated carbocycles. The third-order valence-corrected chi connectivity index (χ3v) is 1.31. The molecule has 0 N–H and O–H groups in total. The molecule has 0 atom stereocenters. The molecule has 0 aliphatic heterocycles. The summed E-state index contributed by atoms with van der Waals surface area (Å²) in [4.78, 5) is 0. The van der Waals surface area contributed by atoms with Crippen molar-refractivity contribution in [3.8, 4) is 12.3 Å². The highest BCUT2D eigenvalue weighted by Crippen LogP contribution is 2.02. The topological polar surface area (TPSA) is 9.23 Å². The molecule has 0 aliphatic rings. The third-order valence-electron chi connectivity index (χ3n) is 1.31. The van der Waals surface area contributed by atoms with Gasteiger partial charge in [0, 0.05) is 0 Å². The first-order valence-corrected chi connectivity index (χ1v) is 4.39. The first-order chi connectivity index (χ1) is 6.35. The van der Waals surface area contributed by atoms with Crippen LogP contribution in [0, 0.1) is 12.3 Å². The van der Waals surface area contributed by atoms with Gasteiger partial charge >= 0.3 is 0 Å². The molecule has 70 valence electrons. The van der Waals surface area contributed by atoms with Gasteiger partial charge in [0.25, 0.3) is 0 Å². The van der Waals surface area contributed by atoms with Crippen LogP contribution in [0.2, 0.25) is 0 Å². The van der Waals surface area contributed by atoms with Gasteiger partial charge in [-0.15, -0.1) is 13.0 Å². The van der Waals surface area contributed by atoms with E-state index in [1.807, 2.05) is 24.3 Å². The zero-order valence-corrected chi connectivity index (χ0v) is 8.12. The van der Waals surface area contributed by atoms with Crippen LogP contribution in [0.15, 0.2) is 36.6 Å². The summed E-state index contributed by atoms with van der Waals surface area (Å²) in [5, 5.41) is 0. The van der Waals surface area contributed by atoms with E-state index in [0.29, 0.717) is 6.61 Å². The highest BCUT2D eigenvalue weighted by molar-refractivity contribution is 5.13. The maximum absolute atomic E-state index is 5.28. The molecule has 0 aliphatic carbocycles. The minimum atomic E-state index is 0.324. The molecule has 0 rings (SSSR count). The molecule has 1 nitrogen and oxygen atoms in total. The van der Waals surface area contributed by atoms with Crippen LogP contribution in [0.5, 0.6) is 0 Å². The second-order valence-corrected chi connectivity index (χ2v) is 2.43. The van der Waals surface area contributed by atoms with E-state index >= 15 is 0 Å². The zero-order chi connectivity index (χ0) is 9.94. The number of hydrogen-bond acceptors (Lipinski definition) is 1. The zero-order valence-electron chi connectivity index (χ0n) is 8.12. The average Bonchev–Trinajstić information content (AvgIpc) is 2.14. The van der Waals surface area contributed by atoms with Crippen molar-refractivity contribution in [2.45, 2.75) is 19.8 Å². The summed E-state index contributed by atoms with van der Waals surface area (Å²) in [5.41, 5.74) is 0. The molecule has 1 heteroatoms. The fourth-order valence-corrected chi connectivity index (χ4v) is 0.782. The van der Waals surface area contributed by atoms with Gasteiger partial charge in [0.2, 0.25) is 0 Å².